The van der Waals surface area contributed by atoms with Crippen LogP contribution in [0.1, 0.15) is 25.5 Å². The molecule has 0 spiro atoms. The first-order valence-corrected chi connectivity index (χ1v) is 4.79. The van der Waals surface area contributed by atoms with E-state index in [0.717, 1.165) is 0 Å². The van der Waals surface area contributed by atoms with E-state index in [1.807, 2.05) is 42.6 Å². The Hall–Kier alpha value is -1.57. The van der Waals surface area contributed by atoms with Gasteiger partial charge < -0.3 is 4.98 Å². The lowest BCUT2D eigenvalue weighted by atomic mass is 10.2. The number of benzene rings is 1. The molecular formula is C12H16N2. The highest BCUT2D eigenvalue weighted by atomic mass is 14.9. The molecule has 1 aromatic heterocycles. The van der Waals surface area contributed by atoms with E-state index in [4.69, 9.17) is 0 Å². The molecule has 14 heavy (non-hydrogen) atoms. The molecular weight excluding hydrogens is 172 g/mol. The van der Waals surface area contributed by atoms with Crippen molar-refractivity contribution in [2.24, 2.45) is 0 Å². The highest BCUT2D eigenvalue weighted by Gasteiger charge is 1.95. The predicted molar refractivity (Wildman–Crippen MR) is 59.1 cm³/mol. The summed E-state index contributed by atoms with van der Waals surface area (Å²) in [5.74, 6) is 0.567. The van der Waals surface area contributed by atoms with Gasteiger partial charge in [0, 0.05) is 11.9 Å². The SMILES string of the molecule is CC(C)c1cnc[nH]1.c1ccccc1. The van der Waals surface area contributed by atoms with Crippen molar-refractivity contribution in [3.8, 4) is 0 Å². The van der Waals surface area contributed by atoms with Crippen LogP contribution in [0.4, 0.5) is 0 Å². The number of aromatic nitrogens is 2. The summed E-state index contributed by atoms with van der Waals surface area (Å²) in [4.78, 5) is 6.91. The number of nitrogens with zero attached hydrogens (tertiary/aromatic N) is 1. The molecule has 0 saturated heterocycles. The van der Waals surface area contributed by atoms with Crippen LogP contribution in [0.2, 0.25) is 0 Å². The van der Waals surface area contributed by atoms with E-state index in [9.17, 15) is 0 Å². The summed E-state index contributed by atoms with van der Waals surface area (Å²) in [7, 11) is 0. The molecule has 1 heterocycles. The lowest BCUT2D eigenvalue weighted by molar-refractivity contribution is 0.832. The fourth-order valence-corrected chi connectivity index (χ4v) is 0.967. The summed E-state index contributed by atoms with van der Waals surface area (Å²) >= 11 is 0. The van der Waals surface area contributed by atoms with Gasteiger partial charge in [-0.25, -0.2) is 4.98 Å². The van der Waals surface area contributed by atoms with Gasteiger partial charge in [-0.05, 0) is 5.92 Å². The van der Waals surface area contributed by atoms with Gasteiger partial charge in [0.15, 0.2) is 0 Å². The van der Waals surface area contributed by atoms with Crippen molar-refractivity contribution >= 4 is 0 Å². The van der Waals surface area contributed by atoms with Gasteiger partial charge in [0.05, 0.1) is 6.33 Å². The maximum absolute atomic E-state index is 3.89. The summed E-state index contributed by atoms with van der Waals surface area (Å²) < 4.78 is 0. The molecule has 2 aromatic rings. The summed E-state index contributed by atoms with van der Waals surface area (Å²) in [6.45, 7) is 4.26. The van der Waals surface area contributed by atoms with E-state index < -0.39 is 0 Å². The molecule has 0 amide bonds. The Balaban J connectivity index is 0.000000146. The van der Waals surface area contributed by atoms with Crippen LogP contribution in [-0.4, -0.2) is 9.97 Å². The molecule has 0 unspecified atom stereocenters. The zero-order valence-electron chi connectivity index (χ0n) is 8.64. The van der Waals surface area contributed by atoms with Gasteiger partial charge >= 0.3 is 0 Å². The van der Waals surface area contributed by atoms with E-state index >= 15 is 0 Å². The summed E-state index contributed by atoms with van der Waals surface area (Å²) in [6, 6.07) is 12.0. The molecule has 74 valence electrons. The molecule has 2 nitrogen and oxygen atoms in total. The molecule has 0 saturated carbocycles. The van der Waals surface area contributed by atoms with Crippen molar-refractivity contribution < 1.29 is 0 Å². The number of hydrogen-bond acceptors (Lipinski definition) is 1. The van der Waals surface area contributed by atoms with E-state index in [1.54, 1.807) is 6.33 Å². The van der Waals surface area contributed by atoms with Crippen molar-refractivity contribution in [1.29, 1.82) is 0 Å². The first-order chi connectivity index (χ1) is 6.80. The highest BCUT2D eigenvalue weighted by molar-refractivity contribution is 4.99. The summed E-state index contributed by atoms with van der Waals surface area (Å²) in [6.07, 6.45) is 3.56. The van der Waals surface area contributed by atoms with Crippen LogP contribution >= 0.6 is 0 Å². The van der Waals surface area contributed by atoms with Gasteiger partial charge in [-0.15, -0.1) is 0 Å². The third-order valence-corrected chi connectivity index (χ3v) is 1.81. The molecule has 0 aliphatic heterocycles. The second kappa shape index (κ2) is 5.97. The Morgan fingerprint density at radius 3 is 1.71 bits per heavy atom. The minimum Gasteiger partial charge on any atom is -0.348 e. The lowest BCUT2D eigenvalue weighted by Gasteiger charge is -1.95. The zero-order valence-corrected chi connectivity index (χ0v) is 8.64. The Labute approximate surface area is 85.0 Å². The number of nitrogens with one attached hydrogen (secondary N) is 1. The van der Waals surface area contributed by atoms with Crippen molar-refractivity contribution in [2.75, 3.05) is 0 Å². The number of rotatable bonds is 1. The molecule has 0 bridgehead atoms. The minimum atomic E-state index is 0.567. The van der Waals surface area contributed by atoms with Gasteiger partial charge in [-0.1, -0.05) is 50.2 Å². The second-order valence-corrected chi connectivity index (χ2v) is 3.32. The van der Waals surface area contributed by atoms with Crippen molar-refractivity contribution in [3.63, 3.8) is 0 Å². The lowest BCUT2D eigenvalue weighted by Crippen LogP contribution is -1.84. The molecule has 0 fully saturated rings. The van der Waals surface area contributed by atoms with E-state index in [-0.39, 0.29) is 0 Å². The Bertz CT molecular complexity index is 285. The van der Waals surface area contributed by atoms with Gasteiger partial charge in [0.2, 0.25) is 0 Å². The average molecular weight is 188 g/mol. The summed E-state index contributed by atoms with van der Waals surface area (Å²) in [5, 5.41) is 0. The monoisotopic (exact) mass is 188 g/mol. The maximum atomic E-state index is 3.89. The van der Waals surface area contributed by atoms with Gasteiger partial charge in [0.25, 0.3) is 0 Å². The number of aromatic amines is 1. The second-order valence-electron chi connectivity index (χ2n) is 3.32. The molecule has 0 aliphatic rings. The first-order valence-electron chi connectivity index (χ1n) is 4.79. The Kier molecular flexibility index (Phi) is 4.48. The quantitative estimate of drug-likeness (QED) is 0.731. The maximum Gasteiger partial charge on any atom is 0.0921 e. The van der Waals surface area contributed by atoms with Crippen LogP contribution < -0.4 is 0 Å². The van der Waals surface area contributed by atoms with Crippen molar-refractivity contribution in [2.45, 2.75) is 19.8 Å². The summed E-state index contributed by atoms with van der Waals surface area (Å²) in [5.41, 5.74) is 1.20. The van der Waals surface area contributed by atoms with E-state index in [0.29, 0.717) is 5.92 Å². The third kappa shape index (κ3) is 3.90. The molecule has 1 N–H and O–H groups in total. The number of H-pyrrole nitrogens is 1. The normalized spacial score (nSPS) is 9.36. The molecule has 2 heteroatoms. The fraction of sp³-hybridized carbons (Fsp3) is 0.250. The van der Waals surface area contributed by atoms with Gasteiger partial charge in [-0.2, -0.15) is 0 Å². The standard InChI is InChI=1S/C6H10N2.C6H6/c1-5(2)6-3-7-4-8-6;1-2-4-6-5-3-1/h3-5H,1-2H3,(H,7,8);1-6H. The predicted octanol–water partition coefficient (Wildman–Crippen LogP) is 3.22. The van der Waals surface area contributed by atoms with Crippen molar-refractivity contribution in [1.82, 2.24) is 9.97 Å². The molecule has 2 rings (SSSR count). The molecule has 0 aliphatic carbocycles. The number of imidazole rings is 1. The van der Waals surface area contributed by atoms with Crippen LogP contribution in [0.25, 0.3) is 0 Å². The van der Waals surface area contributed by atoms with E-state index in [1.165, 1.54) is 5.69 Å². The van der Waals surface area contributed by atoms with Crippen molar-refractivity contribution in [3.05, 3.63) is 54.6 Å². The third-order valence-electron chi connectivity index (χ3n) is 1.81. The average Bonchev–Trinajstić information content (AvgIpc) is 2.74. The van der Waals surface area contributed by atoms with Crippen LogP contribution in [0.5, 0.6) is 0 Å². The Morgan fingerprint density at radius 1 is 1.00 bits per heavy atom. The zero-order chi connectivity index (χ0) is 10.2. The van der Waals surface area contributed by atoms with Crippen LogP contribution in [0, 0.1) is 0 Å². The largest absolute Gasteiger partial charge is 0.348 e. The van der Waals surface area contributed by atoms with Crippen LogP contribution in [-0.2, 0) is 0 Å². The van der Waals surface area contributed by atoms with Crippen LogP contribution in [0.15, 0.2) is 48.9 Å². The van der Waals surface area contributed by atoms with Gasteiger partial charge in [-0.3, -0.25) is 0 Å². The minimum absolute atomic E-state index is 0.567. The van der Waals surface area contributed by atoms with Crippen LogP contribution in [0.3, 0.4) is 0 Å². The topological polar surface area (TPSA) is 28.7 Å². The fourth-order valence-electron chi connectivity index (χ4n) is 0.967. The highest BCUT2D eigenvalue weighted by Crippen LogP contribution is 2.07. The van der Waals surface area contributed by atoms with Gasteiger partial charge in [0.1, 0.15) is 0 Å². The first kappa shape index (κ1) is 10.5. The smallest absolute Gasteiger partial charge is 0.0921 e. The Morgan fingerprint density at radius 2 is 1.50 bits per heavy atom. The van der Waals surface area contributed by atoms with E-state index in [2.05, 4.69) is 23.8 Å². The molecule has 1 aromatic carbocycles. The molecule has 0 atom stereocenters. The molecule has 0 radical (unpaired) electrons. The number of hydrogen-bond donors (Lipinski definition) is 1.